The second kappa shape index (κ2) is 64.1. The molecule has 0 saturated heterocycles. The summed E-state index contributed by atoms with van der Waals surface area (Å²) in [7, 11) is 0. The molecule has 0 spiro atoms. The minimum absolute atomic E-state index is 0.0977. The number of unbranched alkanes of at least 4 members (excludes halogenated alkanes) is 23. The van der Waals surface area contributed by atoms with Crippen molar-refractivity contribution in [3.8, 4) is 0 Å². The van der Waals surface area contributed by atoms with Crippen molar-refractivity contribution >= 4 is 17.9 Å². The van der Waals surface area contributed by atoms with E-state index >= 15 is 0 Å². The van der Waals surface area contributed by atoms with Gasteiger partial charge in [-0.15, -0.1) is 0 Å². The molecule has 0 bridgehead atoms. The molecule has 0 N–H and O–H groups in total. The van der Waals surface area contributed by atoms with Crippen LogP contribution in [0.4, 0.5) is 0 Å². The molecule has 0 heterocycles. The maximum Gasteiger partial charge on any atom is 0.306 e. The van der Waals surface area contributed by atoms with Crippen molar-refractivity contribution in [2.75, 3.05) is 13.2 Å². The third-order valence-corrected chi connectivity index (χ3v) is 13.1. The maximum atomic E-state index is 12.9. The van der Waals surface area contributed by atoms with E-state index in [2.05, 4.69) is 154 Å². The number of carbonyl (C=O) groups excluding carboxylic acids is 3. The topological polar surface area (TPSA) is 78.9 Å². The highest BCUT2D eigenvalue weighted by Gasteiger charge is 2.19. The van der Waals surface area contributed by atoms with Gasteiger partial charge in [-0.05, 0) is 135 Å². The minimum Gasteiger partial charge on any atom is -0.462 e. The summed E-state index contributed by atoms with van der Waals surface area (Å²) in [6.45, 7) is 6.44. The van der Waals surface area contributed by atoms with E-state index in [1.54, 1.807) is 0 Å². The summed E-state index contributed by atoms with van der Waals surface area (Å²) < 4.78 is 16.9. The van der Waals surface area contributed by atoms with Gasteiger partial charge in [0, 0.05) is 19.3 Å². The van der Waals surface area contributed by atoms with Gasteiger partial charge in [0.05, 0.1) is 0 Å². The molecule has 0 aliphatic heterocycles. The Kier molecular flexibility index (Phi) is 60.4. The third-order valence-electron chi connectivity index (χ3n) is 13.1. The molecular weight excluding hydrogens is 949 g/mol. The molecule has 1 atom stereocenters. The van der Waals surface area contributed by atoms with Gasteiger partial charge in [0.15, 0.2) is 6.10 Å². The molecule has 0 saturated carbocycles. The van der Waals surface area contributed by atoms with Crippen molar-refractivity contribution in [1.82, 2.24) is 0 Å². The van der Waals surface area contributed by atoms with E-state index in [4.69, 9.17) is 14.2 Å². The second-order valence-corrected chi connectivity index (χ2v) is 20.6. The third kappa shape index (κ3) is 62.3. The first-order chi connectivity index (χ1) is 38.0. The van der Waals surface area contributed by atoms with Crippen LogP contribution in [0.3, 0.4) is 0 Å². The fourth-order valence-corrected chi connectivity index (χ4v) is 8.35. The van der Waals surface area contributed by atoms with E-state index in [0.29, 0.717) is 19.3 Å². The number of rotatable bonds is 56. The fourth-order valence-electron chi connectivity index (χ4n) is 8.35. The normalized spacial score (nSPS) is 13.0. The van der Waals surface area contributed by atoms with Crippen LogP contribution < -0.4 is 0 Å². The van der Waals surface area contributed by atoms with Crippen LogP contribution in [0.5, 0.6) is 0 Å². The molecule has 0 amide bonds. The smallest absolute Gasteiger partial charge is 0.306 e. The largest absolute Gasteiger partial charge is 0.462 e. The zero-order valence-electron chi connectivity index (χ0n) is 49.9. The first-order valence-electron chi connectivity index (χ1n) is 31.7. The van der Waals surface area contributed by atoms with Gasteiger partial charge in [-0.1, -0.05) is 257 Å². The standard InChI is InChI=1S/C71H116O6/c1-4-7-10-13-16-19-22-25-28-30-31-32-33-34-35-36-37-38-39-40-41-42-44-46-49-52-55-58-61-64-70(73)76-67-68(66-75-69(72)63-60-57-54-51-48-45-27-24-21-18-15-12-9-6-3)77-71(74)65-62-59-56-53-50-47-43-29-26-23-20-17-14-11-8-5-2/h7,10,15-16,18-20,23-25,27-29,31-32,34-35,37-38,40-41,43,68H,4-6,8-9,11-14,17,21-22,26,30,33,36,39,42,44-67H2,1-3H3/b10-7-,18-15-,19-16-,23-20-,27-24-,28-25-,32-31-,35-34-,38-37-,41-40-,43-29-. The van der Waals surface area contributed by atoms with E-state index in [0.717, 1.165) is 161 Å². The predicted octanol–water partition coefficient (Wildman–Crippen LogP) is 21.8. The van der Waals surface area contributed by atoms with Crippen LogP contribution in [0.25, 0.3) is 0 Å². The summed E-state index contributed by atoms with van der Waals surface area (Å²) >= 11 is 0. The van der Waals surface area contributed by atoms with Gasteiger partial charge < -0.3 is 14.2 Å². The van der Waals surface area contributed by atoms with Crippen LogP contribution in [0.15, 0.2) is 134 Å². The van der Waals surface area contributed by atoms with Gasteiger partial charge in [-0.25, -0.2) is 0 Å². The number of ether oxygens (including phenoxy) is 3. The Morgan fingerprint density at radius 3 is 0.831 bits per heavy atom. The Bertz CT molecular complexity index is 1650. The molecule has 6 heteroatoms. The van der Waals surface area contributed by atoms with E-state index in [-0.39, 0.29) is 31.1 Å². The van der Waals surface area contributed by atoms with Crippen molar-refractivity contribution < 1.29 is 28.6 Å². The summed E-state index contributed by atoms with van der Waals surface area (Å²) in [6, 6.07) is 0. The summed E-state index contributed by atoms with van der Waals surface area (Å²) in [5.41, 5.74) is 0. The molecule has 0 aromatic rings. The van der Waals surface area contributed by atoms with Crippen molar-refractivity contribution in [1.29, 1.82) is 0 Å². The molecule has 1 unspecified atom stereocenters. The highest BCUT2D eigenvalue weighted by molar-refractivity contribution is 5.71. The number of carbonyl (C=O) groups is 3. The Morgan fingerprint density at radius 2 is 0.519 bits per heavy atom. The van der Waals surface area contributed by atoms with E-state index in [1.807, 2.05) is 0 Å². The van der Waals surface area contributed by atoms with Crippen LogP contribution >= 0.6 is 0 Å². The average Bonchev–Trinajstić information content (AvgIpc) is 3.43. The van der Waals surface area contributed by atoms with Crippen LogP contribution in [0, 0.1) is 0 Å². The van der Waals surface area contributed by atoms with Gasteiger partial charge >= 0.3 is 17.9 Å². The van der Waals surface area contributed by atoms with Crippen LogP contribution in [0.1, 0.15) is 278 Å². The molecule has 0 aliphatic rings. The molecule has 0 rings (SSSR count). The zero-order chi connectivity index (χ0) is 55.7. The highest BCUT2D eigenvalue weighted by Crippen LogP contribution is 2.14. The molecular formula is C71H116O6. The first-order valence-corrected chi connectivity index (χ1v) is 31.7. The van der Waals surface area contributed by atoms with Crippen LogP contribution in [0.2, 0.25) is 0 Å². The Hall–Kier alpha value is -4.45. The lowest BCUT2D eigenvalue weighted by atomic mass is 10.1. The summed E-state index contributed by atoms with van der Waals surface area (Å²) in [6.07, 6.45) is 90.2. The lowest BCUT2D eigenvalue weighted by Crippen LogP contribution is -2.30. The Morgan fingerprint density at radius 1 is 0.273 bits per heavy atom. The van der Waals surface area contributed by atoms with E-state index in [9.17, 15) is 14.4 Å². The molecule has 0 radical (unpaired) electrons. The minimum atomic E-state index is -0.801. The van der Waals surface area contributed by atoms with Gasteiger partial charge in [-0.2, -0.15) is 0 Å². The lowest BCUT2D eigenvalue weighted by Gasteiger charge is -2.18. The monoisotopic (exact) mass is 1060 g/mol. The molecule has 77 heavy (non-hydrogen) atoms. The van der Waals surface area contributed by atoms with E-state index < -0.39 is 6.10 Å². The molecule has 0 fully saturated rings. The SMILES string of the molecule is CC/C=C\C/C=C\C/C=C\C/C=C\C/C=C\C/C=C\C/C=C\CCCCCCCCCC(=O)OCC(COC(=O)CCCCCCC/C=C\C/C=C\CCCC)OC(=O)CCCCCCC/C=C\C/C=C\CCCCCC. The van der Waals surface area contributed by atoms with Crippen molar-refractivity contribution in [2.24, 2.45) is 0 Å². The van der Waals surface area contributed by atoms with E-state index in [1.165, 1.54) is 77.0 Å². The Balaban J connectivity index is 4.37. The quantitative estimate of drug-likeness (QED) is 0.0261. The number of hydrogen-bond donors (Lipinski definition) is 0. The first kappa shape index (κ1) is 72.5. The van der Waals surface area contributed by atoms with Crippen molar-refractivity contribution in [3.63, 3.8) is 0 Å². The summed E-state index contributed by atoms with van der Waals surface area (Å²) in [5, 5.41) is 0. The fraction of sp³-hybridized carbons (Fsp3) is 0.648. The van der Waals surface area contributed by atoms with Crippen LogP contribution in [-0.2, 0) is 28.6 Å². The molecule has 0 aliphatic carbocycles. The highest BCUT2D eigenvalue weighted by atomic mass is 16.6. The number of esters is 3. The Labute approximate surface area is 475 Å². The molecule has 0 aromatic carbocycles. The van der Waals surface area contributed by atoms with Crippen molar-refractivity contribution in [2.45, 2.75) is 284 Å². The zero-order valence-corrected chi connectivity index (χ0v) is 49.9. The summed E-state index contributed by atoms with van der Waals surface area (Å²) in [5.74, 6) is -0.935. The van der Waals surface area contributed by atoms with Gasteiger partial charge in [0.1, 0.15) is 13.2 Å². The molecule has 436 valence electrons. The average molecular weight is 1070 g/mol. The number of hydrogen-bond acceptors (Lipinski definition) is 6. The second-order valence-electron chi connectivity index (χ2n) is 20.6. The van der Waals surface area contributed by atoms with Gasteiger partial charge in [0.2, 0.25) is 0 Å². The lowest BCUT2D eigenvalue weighted by molar-refractivity contribution is -0.167. The summed E-state index contributed by atoms with van der Waals surface area (Å²) in [4.78, 5) is 38.3. The maximum absolute atomic E-state index is 12.9. The number of allylic oxidation sites excluding steroid dienone is 22. The predicted molar refractivity (Wildman–Crippen MR) is 334 cm³/mol. The van der Waals surface area contributed by atoms with Crippen molar-refractivity contribution in [3.05, 3.63) is 134 Å². The molecule has 6 nitrogen and oxygen atoms in total. The van der Waals surface area contributed by atoms with Gasteiger partial charge in [-0.3, -0.25) is 14.4 Å². The van der Waals surface area contributed by atoms with Crippen LogP contribution in [-0.4, -0.2) is 37.2 Å². The molecule has 0 aromatic heterocycles. The van der Waals surface area contributed by atoms with Gasteiger partial charge in [0.25, 0.3) is 0 Å².